The van der Waals surface area contributed by atoms with E-state index in [0.717, 1.165) is 17.7 Å². The fraction of sp³-hybridized carbons (Fsp3) is 0.300. The molecule has 0 bridgehead atoms. The van der Waals surface area contributed by atoms with E-state index < -0.39 is 0 Å². The summed E-state index contributed by atoms with van der Waals surface area (Å²) in [5, 5.41) is 8.46. The quantitative estimate of drug-likeness (QED) is 0.672. The Bertz CT molecular complexity index is 780. The van der Waals surface area contributed by atoms with Crippen LogP contribution < -0.4 is 0 Å². The normalized spacial score (nSPS) is 11.4. The van der Waals surface area contributed by atoms with Crippen LogP contribution in [0.15, 0.2) is 59.0 Å². The van der Waals surface area contributed by atoms with Crippen LogP contribution in [0.2, 0.25) is 0 Å². The summed E-state index contributed by atoms with van der Waals surface area (Å²) in [5.41, 5.74) is 3.41. The number of aromatic nitrogens is 2. The molecule has 0 N–H and O–H groups in total. The van der Waals surface area contributed by atoms with Crippen molar-refractivity contribution >= 4 is 0 Å². The minimum Gasteiger partial charge on any atom is -0.419 e. The monoisotopic (exact) mass is 321 g/mol. The number of aryl methyl sites for hydroxylation is 1. The van der Waals surface area contributed by atoms with Gasteiger partial charge in [0.15, 0.2) is 0 Å². The van der Waals surface area contributed by atoms with Crippen molar-refractivity contribution in [2.75, 3.05) is 0 Å². The Hall–Kier alpha value is -2.46. The van der Waals surface area contributed by atoms with Gasteiger partial charge in [0.05, 0.1) is 6.54 Å². The maximum atomic E-state index is 5.90. The second kappa shape index (κ2) is 7.41. The standard InChI is InChI=1S/C20H23N3O/c1-15(2)23(13-17-10-5-4-6-11-17)14-19-21-22-20(24-19)18-12-8-7-9-16(18)3/h4-12,15H,13-14H2,1-3H3. The summed E-state index contributed by atoms with van der Waals surface area (Å²) >= 11 is 0. The average molecular weight is 321 g/mol. The van der Waals surface area contributed by atoms with Gasteiger partial charge in [-0.15, -0.1) is 10.2 Å². The lowest BCUT2D eigenvalue weighted by atomic mass is 10.1. The largest absolute Gasteiger partial charge is 0.419 e. The highest BCUT2D eigenvalue weighted by Crippen LogP contribution is 2.22. The van der Waals surface area contributed by atoms with Crippen LogP contribution in [-0.2, 0) is 13.1 Å². The smallest absolute Gasteiger partial charge is 0.248 e. The molecule has 0 saturated carbocycles. The third kappa shape index (κ3) is 3.89. The molecule has 0 spiro atoms. The fourth-order valence-corrected chi connectivity index (χ4v) is 2.65. The maximum Gasteiger partial charge on any atom is 0.248 e. The van der Waals surface area contributed by atoms with Crippen molar-refractivity contribution in [2.24, 2.45) is 0 Å². The number of benzene rings is 2. The number of hydrogen-bond donors (Lipinski definition) is 0. The van der Waals surface area contributed by atoms with Gasteiger partial charge in [-0.1, -0.05) is 48.5 Å². The van der Waals surface area contributed by atoms with Gasteiger partial charge < -0.3 is 4.42 Å². The van der Waals surface area contributed by atoms with E-state index in [-0.39, 0.29) is 0 Å². The lowest BCUT2D eigenvalue weighted by molar-refractivity contribution is 0.184. The molecule has 0 fully saturated rings. The molecule has 4 heteroatoms. The Labute approximate surface area is 143 Å². The summed E-state index contributed by atoms with van der Waals surface area (Å²) < 4.78 is 5.90. The molecule has 0 aliphatic carbocycles. The molecule has 2 aromatic carbocycles. The molecule has 0 atom stereocenters. The molecule has 3 aromatic rings. The van der Waals surface area contributed by atoms with Gasteiger partial charge in [0.25, 0.3) is 0 Å². The van der Waals surface area contributed by atoms with Crippen LogP contribution in [0.5, 0.6) is 0 Å². The number of rotatable bonds is 6. The van der Waals surface area contributed by atoms with Gasteiger partial charge in [0.1, 0.15) is 0 Å². The zero-order chi connectivity index (χ0) is 16.9. The third-order valence-corrected chi connectivity index (χ3v) is 4.14. The molecule has 0 saturated heterocycles. The Morgan fingerprint density at radius 2 is 1.62 bits per heavy atom. The summed E-state index contributed by atoms with van der Waals surface area (Å²) in [5.74, 6) is 1.24. The predicted molar refractivity (Wildman–Crippen MR) is 95.3 cm³/mol. The van der Waals surface area contributed by atoms with Gasteiger partial charge in [-0.2, -0.15) is 0 Å². The minimum absolute atomic E-state index is 0.388. The number of nitrogens with zero attached hydrogens (tertiary/aromatic N) is 3. The zero-order valence-electron chi connectivity index (χ0n) is 14.4. The van der Waals surface area contributed by atoms with Crippen LogP contribution in [-0.4, -0.2) is 21.1 Å². The summed E-state index contributed by atoms with van der Waals surface area (Å²) in [6.45, 7) is 7.92. The van der Waals surface area contributed by atoms with Gasteiger partial charge in [0.2, 0.25) is 11.8 Å². The van der Waals surface area contributed by atoms with Gasteiger partial charge in [-0.25, -0.2) is 0 Å². The summed E-state index contributed by atoms with van der Waals surface area (Å²) in [4.78, 5) is 2.32. The molecule has 124 valence electrons. The van der Waals surface area contributed by atoms with E-state index in [1.54, 1.807) is 0 Å². The molecule has 0 radical (unpaired) electrons. The topological polar surface area (TPSA) is 42.2 Å². The van der Waals surface area contributed by atoms with Crippen molar-refractivity contribution in [3.8, 4) is 11.5 Å². The molecule has 1 heterocycles. The van der Waals surface area contributed by atoms with Crippen molar-refractivity contribution in [1.29, 1.82) is 0 Å². The molecule has 0 unspecified atom stereocenters. The van der Waals surface area contributed by atoms with E-state index in [4.69, 9.17) is 4.42 Å². The van der Waals surface area contributed by atoms with E-state index in [2.05, 4.69) is 66.2 Å². The van der Waals surface area contributed by atoms with Crippen LogP contribution in [0.4, 0.5) is 0 Å². The van der Waals surface area contributed by atoms with Crippen molar-refractivity contribution in [1.82, 2.24) is 15.1 Å². The zero-order valence-corrected chi connectivity index (χ0v) is 14.4. The SMILES string of the molecule is Cc1ccccc1-c1nnc(CN(Cc2ccccc2)C(C)C)o1. The molecule has 0 amide bonds. The number of hydrogen-bond acceptors (Lipinski definition) is 4. The Kier molecular flexibility index (Phi) is 5.06. The average Bonchev–Trinajstić information content (AvgIpc) is 3.04. The molecular formula is C20H23N3O. The van der Waals surface area contributed by atoms with Gasteiger partial charge >= 0.3 is 0 Å². The van der Waals surface area contributed by atoms with Crippen LogP contribution in [0.1, 0.15) is 30.9 Å². The highest BCUT2D eigenvalue weighted by atomic mass is 16.4. The van der Waals surface area contributed by atoms with Crippen molar-refractivity contribution in [3.05, 3.63) is 71.6 Å². The molecule has 24 heavy (non-hydrogen) atoms. The van der Waals surface area contributed by atoms with Gasteiger partial charge in [-0.3, -0.25) is 4.90 Å². The highest BCUT2D eigenvalue weighted by molar-refractivity contribution is 5.57. The minimum atomic E-state index is 0.388. The van der Waals surface area contributed by atoms with Crippen LogP contribution in [0, 0.1) is 6.92 Å². The Morgan fingerprint density at radius 3 is 2.33 bits per heavy atom. The van der Waals surface area contributed by atoms with Gasteiger partial charge in [0, 0.05) is 18.2 Å². The first-order valence-corrected chi connectivity index (χ1v) is 8.30. The highest BCUT2D eigenvalue weighted by Gasteiger charge is 2.16. The maximum absolute atomic E-state index is 5.90. The van der Waals surface area contributed by atoms with Gasteiger partial charge in [-0.05, 0) is 38.0 Å². The summed E-state index contributed by atoms with van der Waals surface area (Å²) in [6.07, 6.45) is 0. The van der Waals surface area contributed by atoms with Crippen LogP contribution in [0.3, 0.4) is 0 Å². The molecule has 1 aromatic heterocycles. The van der Waals surface area contributed by atoms with E-state index in [9.17, 15) is 0 Å². The van der Waals surface area contributed by atoms with E-state index in [1.807, 2.05) is 24.3 Å². The lowest BCUT2D eigenvalue weighted by Gasteiger charge is -2.24. The second-order valence-electron chi connectivity index (χ2n) is 6.30. The summed E-state index contributed by atoms with van der Waals surface area (Å²) in [7, 11) is 0. The predicted octanol–water partition coefficient (Wildman–Crippen LogP) is 4.46. The van der Waals surface area contributed by atoms with Crippen molar-refractivity contribution in [2.45, 2.75) is 39.9 Å². The molecule has 0 aliphatic heterocycles. The van der Waals surface area contributed by atoms with Crippen LogP contribution >= 0.6 is 0 Å². The lowest BCUT2D eigenvalue weighted by Crippen LogP contribution is -2.29. The molecular weight excluding hydrogens is 298 g/mol. The van der Waals surface area contributed by atoms with Crippen LogP contribution in [0.25, 0.3) is 11.5 Å². The van der Waals surface area contributed by atoms with Crippen molar-refractivity contribution < 1.29 is 4.42 Å². The fourth-order valence-electron chi connectivity index (χ4n) is 2.65. The second-order valence-corrected chi connectivity index (χ2v) is 6.30. The summed E-state index contributed by atoms with van der Waals surface area (Å²) in [6, 6.07) is 18.9. The first kappa shape index (κ1) is 16.4. The molecule has 0 aliphatic rings. The van der Waals surface area contributed by atoms with E-state index in [1.165, 1.54) is 5.56 Å². The van der Waals surface area contributed by atoms with E-state index in [0.29, 0.717) is 24.4 Å². The first-order chi connectivity index (χ1) is 11.6. The van der Waals surface area contributed by atoms with Crippen molar-refractivity contribution in [3.63, 3.8) is 0 Å². The molecule has 3 rings (SSSR count). The molecule has 4 nitrogen and oxygen atoms in total. The Morgan fingerprint density at radius 1 is 0.917 bits per heavy atom. The van der Waals surface area contributed by atoms with E-state index >= 15 is 0 Å². The third-order valence-electron chi connectivity index (χ3n) is 4.14. The first-order valence-electron chi connectivity index (χ1n) is 8.30. The Balaban J connectivity index is 1.75.